The van der Waals surface area contributed by atoms with Crippen molar-refractivity contribution in [3.8, 4) is 5.75 Å². The average molecular weight is 340 g/mol. The Balaban J connectivity index is 1.87. The fourth-order valence-corrected chi connectivity index (χ4v) is 3.38. The van der Waals surface area contributed by atoms with Gasteiger partial charge in [0.05, 0.1) is 25.2 Å². The molecule has 5 heteroatoms. The first-order valence-corrected chi connectivity index (χ1v) is 7.61. The Labute approximate surface area is 126 Å². The minimum absolute atomic E-state index is 0.123. The molecular weight excluding hydrogens is 322 g/mol. The third-order valence-corrected chi connectivity index (χ3v) is 4.79. The van der Waals surface area contributed by atoms with Crippen molar-refractivity contribution in [1.82, 2.24) is 0 Å². The van der Waals surface area contributed by atoms with E-state index in [-0.39, 0.29) is 11.8 Å². The second-order valence-corrected chi connectivity index (χ2v) is 6.71. The van der Waals surface area contributed by atoms with Gasteiger partial charge in [-0.25, -0.2) is 0 Å². The molecule has 1 saturated heterocycles. The second kappa shape index (κ2) is 5.13. The van der Waals surface area contributed by atoms with Gasteiger partial charge in [-0.1, -0.05) is 15.9 Å². The first-order valence-electron chi connectivity index (χ1n) is 6.81. The number of rotatable bonds is 3. The molecule has 4 nitrogen and oxygen atoms in total. The monoisotopic (exact) mass is 339 g/mol. The van der Waals surface area contributed by atoms with Crippen LogP contribution in [0.1, 0.15) is 18.1 Å². The predicted molar refractivity (Wildman–Crippen MR) is 79.0 cm³/mol. The number of ether oxygens (including phenoxy) is 2. The number of hydrogen-bond donors (Lipinski definition) is 1. The van der Waals surface area contributed by atoms with Crippen molar-refractivity contribution in [2.24, 2.45) is 11.1 Å². The van der Waals surface area contributed by atoms with E-state index in [0.717, 1.165) is 22.2 Å². The normalized spacial score (nSPS) is 28.2. The van der Waals surface area contributed by atoms with E-state index in [1.807, 2.05) is 13.0 Å². The molecule has 0 aliphatic carbocycles. The second-order valence-electron chi connectivity index (χ2n) is 5.79. The van der Waals surface area contributed by atoms with Crippen LogP contribution in [0.4, 0.5) is 0 Å². The Morgan fingerprint density at radius 2 is 2.35 bits per heavy atom. The van der Waals surface area contributed by atoms with E-state index in [1.54, 1.807) is 0 Å². The maximum absolute atomic E-state index is 12.6. The fraction of sp³-hybridized carbons (Fsp3) is 0.533. The average Bonchev–Trinajstić information content (AvgIpc) is 2.98. The van der Waals surface area contributed by atoms with Crippen LogP contribution in [0, 0.1) is 5.41 Å². The zero-order chi connectivity index (χ0) is 14.3. The van der Waals surface area contributed by atoms with Crippen LogP contribution in [-0.4, -0.2) is 31.6 Å². The molecule has 0 saturated carbocycles. The minimum atomic E-state index is -0.589. The van der Waals surface area contributed by atoms with Crippen LogP contribution in [0.2, 0.25) is 0 Å². The first kappa shape index (κ1) is 14.0. The van der Waals surface area contributed by atoms with Crippen molar-refractivity contribution in [2.75, 3.05) is 19.8 Å². The Morgan fingerprint density at radius 3 is 3.05 bits per heavy atom. The SMILES string of the molecule is CC1(C(=O)Cc2cc(Br)cc3c2OCC3)COCC1N. The molecule has 3 rings (SSSR count). The molecule has 1 aromatic carbocycles. The van der Waals surface area contributed by atoms with Gasteiger partial charge in [0.2, 0.25) is 0 Å². The summed E-state index contributed by atoms with van der Waals surface area (Å²) in [5.74, 6) is 0.996. The summed E-state index contributed by atoms with van der Waals surface area (Å²) in [6, 6.07) is 3.80. The summed E-state index contributed by atoms with van der Waals surface area (Å²) in [7, 11) is 0. The molecule has 0 spiro atoms. The van der Waals surface area contributed by atoms with E-state index in [0.29, 0.717) is 26.2 Å². The van der Waals surface area contributed by atoms with E-state index < -0.39 is 5.41 Å². The Kier molecular flexibility index (Phi) is 3.60. The number of halogens is 1. The number of carbonyl (C=O) groups excluding carboxylic acids is 1. The Bertz CT molecular complexity index is 560. The highest BCUT2D eigenvalue weighted by atomic mass is 79.9. The van der Waals surface area contributed by atoms with Crippen LogP contribution in [0.5, 0.6) is 5.75 Å². The molecule has 20 heavy (non-hydrogen) atoms. The molecule has 0 amide bonds. The fourth-order valence-electron chi connectivity index (χ4n) is 2.83. The lowest BCUT2D eigenvalue weighted by molar-refractivity contribution is -0.127. The number of nitrogens with two attached hydrogens (primary N) is 1. The molecule has 2 heterocycles. The van der Waals surface area contributed by atoms with Gasteiger partial charge in [0.25, 0.3) is 0 Å². The first-order chi connectivity index (χ1) is 9.50. The van der Waals surface area contributed by atoms with Crippen LogP contribution >= 0.6 is 15.9 Å². The van der Waals surface area contributed by atoms with Gasteiger partial charge in [-0.3, -0.25) is 4.79 Å². The van der Waals surface area contributed by atoms with Crippen LogP contribution in [0.15, 0.2) is 16.6 Å². The van der Waals surface area contributed by atoms with E-state index in [4.69, 9.17) is 15.2 Å². The lowest BCUT2D eigenvalue weighted by Gasteiger charge is -2.25. The third-order valence-electron chi connectivity index (χ3n) is 4.33. The van der Waals surface area contributed by atoms with Crippen molar-refractivity contribution >= 4 is 21.7 Å². The molecule has 1 fully saturated rings. The van der Waals surface area contributed by atoms with Crippen LogP contribution in [0.3, 0.4) is 0 Å². The van der Waals surface area contributed by atoms with Gasteiger partial charge in [0, 0.05) is 28.9 Å². The summed E-state index contributed by atoms with van der Waals surface area (Å²) >= 11 is 3.50. The minimum Gasteiger partial charge on any atom is -0.493 e. The van der Waals surface area contributed by atoms with Crippen molar-refractivity contribution in [3.63, 3.8) is 0 Å². The summed E-state index contributed by atoms with van der Waals surface area (Å²) in [6.07, 6.45) is 1.24. The van der Waals surface area contributed by atoms with Gasteiger partial charge in [0.15, 0.2) is 0 Å². The zero-order valence-corrected chi connectivity index (χ0v) is 13.0. The molecular formula is C15H18BrNO3. The summed E-state index contributed by atoms with van der Waals surface area (Å²) in [4.78, 5) is 12.6. The summed E-state index contributed by atoms with van der Waals surface area (Å²) in [6.45, 7) is 3.44. The number of carbonyl (C=O) groups is 1. The molecule has 0 bridgehead atoms. The summed E-state index contributed by atoms with van der Waals surface area (Å²) < 4.78 is 12.0. The standard InChI is InChI=1S/C15H18BrNO3/c1-15(8-19-7-12(15)17)13(18)6-10-5-11(16)4-9-2-3-20-14(9)10/h4-5,12H,2-3,6-8,17H2,1H3. The number of ketones is 1. The van der Waals surface area contributed by atoms with E-state index in [2.05, 4.69) is 22.0 Å². The number of benzene rings is 1. The van der Waals surface area contributed by atoms with Crippen molar-refractivity contribution in [1.29, 1.82) is 0 Å². The maximum atomic E-state index is 12.6. The van der Waals surface area contributed by atoms with Crippen LogP contribution in [-0.2, 0) is 22.4 Å². The third kappa shape index (κ3) is 2.28. The van der Waals surface area contributed by atoms with Crippen LogP contribution in [0.25, 0.3) is 0 Å². The van der Waals surface area contributed by atoms with Gasteiger partial charge >= 0.3 is 0 Å². The van der Waals surface area contributed by atoms with Gasteiger partial charge < -0.3 is 15.2 Å². The molecule has 1 aromatic rings. The topological polar surface area (TPSA) is 61.5 Å². The number of Topliss-reactive ketones (excluding diaryl/α,β-unsaturated/α-hetero) is 1. The van der Waals surface area contributed by atoms with Gasteiger partial charge in [-0.05, 0) is 24.6 Å². The number of hydrogen-bond acceptors (Lipinski definition) is 4. The van der Waals surface area contributed by atoms with Gasteiger partial charge in [0.1, 0.15) is 11.5 Å². The van der Waals surface area contributed by atoms with E-state index in [1.165, 1.54) is 5.56 Å². The lowest BCUT2D eigenvalue weighted by atomic mass is 9.79. The quantitative estimate of drug-likeness (QED) is 0.912. The van der Waals surface area contributed by atoms with Gasteiger partial charge in [-0.15, -0.1) is 0 Å². The van der Waals surface area contributed by atoms with E-state index in [9.17, 15) is 4.79 Å². The zero-order valence-electron chi connectivity index (χ0n) is 11.4. The summed E-state index contributed by atoms with van der Waals surface area (Å²) in [5.41, 5.74) is 7.54. The van der Waals surface area contributed by atoms with Gasteiger partial charge in [-0.2, -0.15) is 0 Å². The molecule has 0 aromatic heterocycles. The molecule has 2 aliphatic heterocycles. The largest absolute Gasteiger partial charge is 0.493 e. The predicted octanol–water partition coefficient (Wildman–Crippen LogP) is 1.86. The Morgan fingerprint density at radius 1 is 1.55 bits per heavy atom. The summed E-state index contributed by atoms with van der Waals surface area (Å²) in [5, 5.41) is 0. The van der Waals surface area contributed by atoms with Crippen molar-refractivity contribution in [2.45, 2.75) is 25.8 Å². The highest BCUT2D eigenvalue weighted by Gasteiger charge is 2.44. The molecule has 2 atom stereocenters. The van der Waals surface area contributed by atoms with Crippen molar-refractivity contribution in [3.05, 3.63) is 27.7 Å². The van der Waals surface area contributed by atoms with Crippen molar-refractivity contribution < 1.29 is 14.3 Å². The lowest BCUT2D eigenvalue weighted by Crippen LogP contribution is -2.45. The van der Waals surface area contributed by atoms with Crippen LogP contribution < -0.4 is 10.5 Å². The molecule has 2 unspecified atom stereocenters. The maximum Gasteiger partial charge on any atom is 0.147 e. The smallest absolute Gasteiger partial charge is 0.147 e. The van der Waals surface area contributed by atoms with E-state index >= 15 is 0 Å². The Hall–Kier alpha value is -0.910. The highest BCUT2D eigenvalue weighted by molar-refractivity contribution is 9.10. The molecule has 2 aliphatic rings. The highest BCUT2D eigenvalue weighted by Crippen LogP contribution is 2.36. The number of fused-ring (bicyclic) bond motifs is 1. The molecule has 2 N–H and O–H groups in total. The molecule has 0 radical (unpaired) electrons. The molecule has 108 valence electrons.